The zero-order chi connectivity index (χ0) is 23.4. The molecule has 33 heavy (non-hydrogen) atoms. The van der Waals surface area contributed by atoms with Gasteiger partial charge >= 0.3 is 0 Å². The third-order valence-corrected chi connectivity index (χ3v) is 5.98. The van der Waals surface area contributed by atoms with Crippen LogP contribution in [0.2, 0.25) is 0 Å². The number of nitrogens with one attached hydrogen (secondary N) is 1. The van der Waals surface area contributed by atoms with Gasteiger partial charge in [0.1, 0.15) is 5.70 Å². The number of benzene rings is 2. The maximum absolute atomic E-state index is 13.3. The fraction of sp³-hybridized carbons (Fsp3) is 0.308. The molecule has 0 saturated carbocycles. The fourth-order valence-corrected chi connectivity index (χ4v) is 4.22. The molecular weight excluding hydrogens is 418 g/mol. The van der Waals surface area contributed by atoms with E-state index in [-0.39, 0.29) is 17.5 Å². The minimum atomic E-state index is -0.381. The molecule has 0 unspecified atom stereocenters. The first-order valence-corrected chi connectivity index (χ1v) is 11.2. The Balaban J connectivity index is 1.72. The van der Waals surface area contributed by atoms with Crippen molar-refractivity contribution in [3.8, 4) is 11.5 Å². The summed E-state index contributed by atoms with van der Waals surface area (Å²) in [6.07, 6.45) is 5.74. The molecule has 7 nitrogen and oxygen atoms in total. The Morgan fingerprint density at radius 3 is 2.45 bits per heavy atom. The van der Waals surface area contributed by atoms with Crippen LogP contribution in [0.5, 0.6) is 11.5 Å². The molecule has 172 valence electrons. The van der Waals surface area contributed by atoms with Gasteiger partial charge < -0.3 is 24.3 Å². The van der Waals surface area contributed by atoms with E-state index in [0.29, 0.717) is 30.2 Å². The molecular formula is C26H29N3O4. The SMILES string of the molecule is CCn1cc(/C=C(\NC(=O)c2ccc(OC)c(OC)c2)C(=O)N2CCCC2)c2ccccc21. The van der Waals surface area contributed by atoms with Crippen molar-refractivity contribution in [2.45, 2.75) is 26.3 Å². The Morgan fingerprint density at radius 1 is 1.03 bits per heavy atom. The summed E-state index contributed by atoms with van der Waals surface area (Å²) in [7, 11) is 3.06. The van der Waals surface area contributed by atoms with Gasteiger partial charge in [-0.2, -0.15) is 0 Å². The number of aromatic nitrogens is 1. The number of methoxy groups -OCH3 is 2. The molecule has 1 N–H and O–H groups in total. The lowest BCUT2D eigenvalue weighted by Gasteiger charge is -2.18. The topological polar surface area (TPSA) is 72.8 Å². The number of ether oxygens (including phenoxy) is 2. The van der Waals surface area contributed by atoms with Gasteiger partial charge in [-0.3, -0.25) is 9.59 Å². The van der Waals surface area contributed by atoms with Crippen LogP contribution in [0.3, 0.4) is 0 Å². The summed E-state index contributed by atoms with van der Waals surface area (Å²) in [5.41, 5.74) is 2.62. The summed E-state index contributed by atoms with van der Waals surface area (Å²) in [4.78, 5) is 28.3. The number of hydrogen-bond acceptors (Lipinski definition) is 4. The molecule has 0 atom stereocenters. The second-order valence-corrected chi connectivity index (χ2v) is 7.97. The van der Waals surface area contributed by atoms with Gasteiger partial charge in [0.25, 0.3) is 11.8 Å². The average molecular weight is 448 g/mol. The van der Waals surface area contributed by atoms with E-state index in [2.05, 4.69) is 22.9 Å². The van der Waals surface area contributed by atoms with Gasteiger partial charge in [-0.15, -0.1) is 0 Å². The van der Waals surface area contributed by atoms with Crippen molar-refractivity contribution in [3.05, 3.63) is 65.5 Å². The normalized spacial score (nSPS) is 13.9. The molecule has 2 heterocycles. The number of hydrogen-bond donors (Lipinski definition) is 1. The van der Waals surface area contributed by atoms with Gasteiger partial charge in [0, 0.05) is 47.9 Å². The number of likely N-dealkylation sites (tertiary alicyclic amines) is 1. The highest BCUT2D eigenvalue weighted by molar-refractivity contribution is 6.06. The first kappa shape index (κ1) is 22.5. The zero-order valence-corrected chi connectivity index (χ0v) is 19.3. The second kappa shape index (κ2) is 9.81. The number of carbonyl (C=O) groups excluding carboxylic acids is 2. The highest BCUT2D eigenvalue weighted by Gasteiger charge is 2.24. The first-order valence-electron chi connectivity index (χ1n) is 11.2. The average Bonchev–Trinajstić information content (AvgIpc) is 3.51. The molecule has 1 fully saturated rings. The fourth-order valence-electron chi connectivity index (χ4n) is 4.22. The molecule has 1 saturated heterocycles. The maximum Gasteiger partial charge on any atom is 0.270 e. The lowest BCUT2D eigenvalue weighted by atomic mass is 10.1. The molecule has 1 aliphatic heterocycles. The van der Waals surface area contributed by atoms with Crippen LogP contribution in [-0.2, 0) is 11.3 Å². The summed E-state index contributed by atoms with van der Waals surface area (Å²) >= 11 is 0. The summed E-state index contributed by atoms with van der Waals surface area (Å²) in [6.45, 7) is 4.27. The molecule has 0 radical (unpaired) electrons. The minimum absolute atomic E-state index is 0.172. The molecule has 0 spiro atoms. The molecule has 1 aromatic heterocycles. The maximum atomic E-state index is 13.3. The molecule has 7 heteroatoms. The molecule has 3 aromatic rings. The van der Waals surface area contributed by atoms with Crippen LogP contribution in [0.15, 0.2) is 54.4 Å². The van der Waals surface area contributed by atoms with E-state index in [1.807, 2.05) is 24.4 Å². The standard InChI is InChI=1S/C26H29N3O4/c1-4-28-17-19(20-9-5-6-10-22(20)28)15-21(26(31)29-13-7-8-14-29)27-25(30)18-11-12-23(32-2)24(16-18)33-3/h5-6,9-12,15-17H,4,7-8,13-14H2,1-3H3,(H,27,30)/b21-15-. The highest BCUT2D eigenvalue weighted by Crippen LogP contribution is 2.28. The van der Waals surface area contributed by atoms with Crippen LogP contribution in [0.25, 0.3) is 17.0 Å². The number of rotatable bonds is 7. The predicted octanol–water partition coefficient (Wildman–Crippen LogP) is 4.07. The van der Waals surface area contributed by atoms with E-state index < -0.39 is 0 Å². The third kappa shape index (κ3) is 4.58. The van der Waals surface area contributed by atoms with Crippen LogP contribution >= 0.6 is 0 Å². The summed E-state index contributed by atoms with van der Waals surface area (Å²) in [6, 6.07) is 13.0. The lowest BCUT2D eigenvalue weighted by molar-refractivity contribution is -0.126. The summed E-state index contributed by atoms with van der Waals surface area (Å²) in [5.74, 6) is 0.432. The Kier molecular flexibility index (Phi) is 6.68. The van der Waals surface area contributed by atoms with E-state index >= 15 is 0 Å². The Labute approximate surface area is 193 Å². The number of aryl methyl sites for hydroxylation is 1. The summed E-state index contributed by atoms with van der Waals surface area (Å²) < 4.78 is 12.7. The van der Waals surface area contributed by atoms with Crippen molar-refractivity contribution in [2.24, 2.45) is 0 Å². The number of para-hydroxylation sites is 1. The molecule has 2 amide bonds. The van der Waals surface area contributed by atoms with Gasteiger partial charge in [-0.1, -0.05) is 18.2 Å². The van der Waals surface area contributed by atoms with E-state index in [9.17, 15) is 9.59 Å². The highest BCUT2D eigenvalue weighted by atomic mass is 16.5. The first-order chi connectivity index (χ1) is 16.0. The Bertz CT molecular complexity index is 1210. The molecule has 0 bridgehead atoms. The van der Waals surface area contributed by atoms with Crippen molar-refractivity contribution in [1.29, 1.82) is 0 Å². The van der Waals surface area contributed by atoms with Crippen LogP contribution in [0, 0.1) is 0 Å². The van der Waals surface area contributed by atoms with Gasteiger partial charge in [0.2, 0.25) is 0 Å². The largest absolute Gasteiger partial charge is 0.493 e. The minimum Gasteiger partial charge on any atom is -0.493 e. The Hall–Kier alpha value is -3.74. The number of carbonyl (C=O) groups is 2. The van der Waals surface area contributed by atoms with Crippen molar-refractivity contribution >= 4 is 28.8 Å². The van der Waals surface area contributed by atoms with E-state index in [1.165, 1.54) is 7.11 Å². The van der Waals surface area contributed by atoms with Crippen LogP contribution < -0.4 is 14.8 Å². The van der Waals surface area contributed by atoms with Crippen molar-refractivity contribution in [3.63, 3.8) is 0 Å². The zero-order valence-electron chi connectivity index (χ0n) is 19.3. The monoisotopic (exact) mass is 447 g/mol. The third-order valence-electron chi connectivity index (χ3n) is 5.98. The second-order valence-electron chi connectivity index (χ2n) is 7.97. The predicted molar refractivity (Wildman–Crippen MR) is 128 cm³/mol. The van der Waals surface area contributed by atoms with Gasteiger partial charge in [0.15, 0.2) is 11.5 Å². The van der Waals surface area contributed by atoms with Crippen LogP contribution in [0.4, 0.5) is 0 Å². The number of nitrogens with zero attached hydrogens (tertiary/aromatic N) is 2. The van der Waals surface area contributed by atoms with Gasteiger partial charge in [-0.05, 0) is 50.1 Å². The molecule has 0 aliphatic carbocycles. The quantitative estimate of drug-likeness (QED) is 0.554. The van der Waals surface area contributed by atoms with E-state index in [1.54, 1.807) is 36.3 Å². The van der Waals surface area contributed by atoms with Crippen LogP contribution in [0.1, 0.15) is 35.7 Å². The lowest BCUT2D eigenvalue weighted by Crippen LogP contribution is -2.36. The van der Waals surface area contributed by atoms with Crippen molar-refractivity contribution in [1.82, 2.24) is 14.8 Å². The Morgan fingerprint density at radius 2 is 1.76 bits per heavy atom. The van der Waals surface area contributed by atoms with E-state index in [4.69, 9.17) is 9.47 Å². The van der Waals surface area contributed by atoms with E-state index in [0.717, 1.165) is 35.9 Å². The molecule has 1 aliphatic rings. The summed E-state index contributed by atoms with van der Waals surface area (Å²) in [5, 5.41) is 3.90. The number of fused-ring (bicyclic) bond motifs is 1. The van der Waals surface area contributed by atoms with Crippen LogP contribution in [-0.4, -0.2) is 48.6 Å². The van der Waals surface area contributed by atoms with Gasteiger partial charge in [0.05, 0.1) is 14.2 Å². The van der Waals surface area contributed by atoms with Crippen molar-refractivity contribution < 1.29 is 19.1 Å². The molecule has 4 rings (SSSR count). The number of amides is 2. The molecule has 2 aromatic carbocycles. The van der Waals surface area contributed by atoms with Crippen molar-refractivity contribution in [2.75, 3.05) is 27.3 Å². The smallest absolute Gasteiger partial charge is 0.270 e. The van der Waals surface area contributed by atoms with Gasteiger partial charge in [-0.25, -0.2) is 0 Å².